The summed E-state index contributed by atoms with van der Waals surface area (Å²) in [7, 11) is 0. The van der Waals surface area contributed by atoms with Gasteiger partial charge in [-0.15, -0.1) is 0 Å². The lowest BCUT2D eigenvalue weighted by Crippen LogP contribution is -2.44. The Balaban J connectivity index is 0.000000561. The fraction of sp³-hybridized carbons (Fsp3) is 1.00. The Bertz CT molecular complexity index is 115. The molecule has 0 amide bonds. The molecule has 0 aromatic rings. The van der Waals surface area contributed by atoms with E-state index in [0.29, 0.717) is 19.5 Å². The Hall–Kier alpha value is -0.180. The molecule has 0 unspecified atom stereocenters. The minimum atomic E-state index is -2.52. The van der Waals surface area contributed by atoms with Gasteiger partial charge in [0.1, 0.15) is 0 Å². The SMILES string of the molecule is CC.CCN1CCCCC1(F)F. The van der Waals surface area contributed by atoms with Gasteiger partial charge in [0, 0.05) is 19.5 Å². The highest BCUT2D eigenvalue weighted by molar-refractivity contribution is 4.73. The first-order chi connectivity index (χ1) is 5.67. The van der Waals surface area contributed by atoms with Crippen LogP contribution in [0.3, 0.4) is 0 Å². The molecule has 0 bridgehead atoms. The molecule has 0 aromatic carbocycles. The molecule has 1 saturated heterocycles. The van der Waals surface area contributed by atoms with Crippen molar-refractivity contribution in [3.05, 3.63) is 0 Å². The monoisotopic (exact) mass is 179 g/mol. The first kappa shape index (κ1) is 11.8. The molecular formula is C9H19F2N. The summed E-state index contributed by atoms with van der Waals surface area (Å²) in [5.74, 6) is 0. The van der Waals surface area contributed by atoms with Crippen molar-refractivity contribution in [2.75, 3.05) is 13.1 Å². The van der Waals surface area contributed by atoms with Crippen LogP contribution in [0.1, 0.15) is 40.0 Å². The van der Waals surface area contributed by atoms with E-state index in [-0.39, 0.29) is 6.42 Å². The minimum absolute atomic E-state index is 0.0425. The summed E-state index contributed by atoms with van der Waals surface area (Å²) >= 11 is 0. The van der Waals surface area contributed by atoms with E-state index in [1.165, 1.54) is 4.90 Å². The van der Waals surface area contributed by atoms with Gasteiger partial charge in [0.05, 0.1) is 0 Å². The van der Waals surface area contributed by atoms with Gasteiger partial charge in [-0.05, 0) is 12.8 Å². The predicted molar refractivity (Wildman–Crippen MR) is 47.4 cm³/mol. The number of nitrogens with zero attached hydrogens (tertiary/aromatic N) is 1. The summed E-state index contributed by atoms with van der Waals surface area (Å²) in [5.41, 5.74) is 0. The Morgan fingerprint density at radius 3 is 2.17 bits per heavy atom. The van der Waals surface area contributed by atoms with E-state index in [2.05, 4.69) is 0 Å². The van der Waals surface area contributed by atoms with Gasteiger partial charge in [-0.3, -0.25) is 0 Å². The van der Waals surface area contributed by atoms with Crippen molar-refractivity contribution >= 4 is 0 Å². The van der Waals surface area contributed by atoms with E-state index in [9.17, 15) is 8.78 Å². The zero-order valence-electron chi connectivity index (χ0n) is 8.24. The molecule has 1 aliphatic heterocycles. The number of hydrogen-bond acceptors (Lipinski definition) is 1. The van der Waals surface area contributed by atoms with Crippen LogP contribution in [0.5, 0.6) is 0 Å². The smallest absolute Gasteiger partial charge is 0.245 e. The summed E-state index contributed by atoms with van der Waals surface area (Å²) in [6, 6.07) is -2.52. The standard InChI is InChI=1S/C7H13F2N.C2H6/c1-2-10-6-4-3-5-7(10,8)9;1-2/h2-6H2,1H3;1-2H3. The van der Waals surface area contributed by atoms with Gasteiger partial charge in [-0.2, -0.15) is 8.78 Å². The zero-order valence-corrected chi connectivity index (χ0v) is 8.24. The molecular weight excluding hydrogens is 160 g/mol. The highest BCUT2D eigenvalue weighted by Gasteiger charge is 2.37. The van der Waals surface area contributed by atoms with Gasteiger partial charge in [0.15, 0.2) is 0 Å². The van der Waals surface area contributed by atoms with E-state index in [1.807, 2.05) is 13.8 Å². The van der Waals surface area contributed by atoms with Crippen molar-refractivity contribution in [3.8, 4) is 0 Å². The maximum Gasteiger partial charge on any atom is 0.304 e. The first-order valence-electron chi connectivity index (χ1n) is 4.79. The topological polar surface area (TPSA) is 3.24 Å². The maximum atomic E-state index is 12.8. The molecule has 0 atom stereocenters. The van der Waals surface area contributed by atoms with Gasteiger partial charge in [-0.1, -0.05) is 20.8 Å². The van der Waals surface area contributed by atoms with Crippen LogP contribution in [0, 0.1) is 0 Å². The third kappa shape index (κ3) is 3.05. The number of halogens is 2. The highest BCUT2D eigenvalue weighted by atomic mass is 19.3. The second-order valence-electron chi connectivity index (χ2n) is 2.70. The predicted octanol–water partition coefficient (Wildman–Crippen LogP) is 3.11. The third-order valence-electron chi connectivity index (χ3n) is 2.00. The summed E-state index contributed by atoms with van der Waals surface area (Å²) in [5, 5.41) is 0. The quantitative estimate of drug-likeness (QED) is 0.559. The van der Waals surface area contributed by atoms with Crippen molar-refractivity contribution in [3.63, 3.8) is 0 Å². The van der Waals surface area contributed by atoms with E-state index in [0.717, 1.165) is 6.42 Å². The molecule has 1 aliphatic rings. The number of alkyl halides is 2. The lowest BCUT2D eigenvalue weighted by molar-refractivity contribution is -0.165. The van der Waals surface area contributed by atoms with Crippen molar-refractivity contribution in [1.29, 1.82) is 0 Å². The van der Waals surface area contributed by atoms with Crippen LogP contribution in [0.2, 0.25) is 0 Å². The second-order valence-corrected chi connectivity index (χ2v) is 2.70. The molecule has 74 valence electrons. The normalized spacial score (nSPS) is 22.8. The van der Waals surface area contributed by atoms with Gasteiger partial charge < -0.3 is 0 Å². The van der Waals surface area contributed by atoms with Gasteiger partial charge in [0.25, 0.3) is 0 Å². The Morgan fingerprint density at radius 1 is 1.25 bits per heavy atom. The molecule has 1 fully saturated rings. The zero-order chi connectivity index (χ0) is 9.61. The molecule has 0 N–H and O–H groups in total. The molecule has 1 nitrogen and oxygen atoms in total. The summed E-state index contributed by atoms with van der Waals surface area (Å²) < 4.78 is 25.6. The second kappa shape index (κ2) is 5.46. The lowest BCUT2D eigenvalue weighted by Gasteiger charge is -2.33. The molecule has 0 aromatic heterocycles. The number of likely N-dealkylation sites (tertiary alicyclic amines) is 1. The van der Waals surface area contributed by atoms with E-state index < -0.39 is 6.05 Å². The molecule has 12 heavy (non-hydrogen) atoms. The lowest BCUT2D eigenvalue weighted by atomic mass is 10.1. The molecule has 0 aliphatic carbocycles. The fourth-order valence-corrected chi connectivity index (χ4v) is 1.35. The summed E-state index contributed by atoms with van der Waals surface area (Å²) in [4.78, 5) is 1.25. The summed E-state index contributed by atoms with van der Waals surface area (Å²) in [6.07, 6.45) is 1.63. The van der Waals surface area contributed by atoms with E-state index in [4.69, 9.17) is 0 Å². The average molecular weight is 179 g/mol. The van der Waals surface area contributed by atoms with Gasteiger partial charge in [-0.25, -0.2) is 4.90 Å². The Morgan fingerprint density at radius 2 is 1.83 bits per heavy atom. The van der Waals surface area contributed by atoms with Crippen LogP contribution in [0.4, 0.5) is 8.78 Å². The highest BCUT2D eigenvalue weighted by Crippen LogP contribution is 2.30. The van der Waals surface area contributed by atoms with Gasteiger partial charge >= 0.3 is 6.05 Å². The molecule has 0 spiro atoms. The minimum Gasteiger partial charge on any atom is -0.245 e. The number of rotatable bonds is 1. The molecule has 0 saturated carbocycles. The van der Waals surface area contributed by atoms with E-state index >= 15 is 0 Å². The number of hydrogen-bond donors (Lipinski definition) is 0. The van der Waals surface area contributed by atoms with Crippen molar-refractivity contribution in [2.45, 2.75) is 46.1 Å². The molecule has 0 radical (unpaired) electrons. The molecule has 1 rings (SSSR count). The van der Waals surface area contributed by atoms with Crippen LogP contribution in [-0.4, -0.2) is 24.0 Å². The Kier molecular flexibility index (Phi) is 5.38. The number of piperidine rings is 1. The maximum absolute atomic E-state index is 12.8. The fourth-order valence-electron chi connectivity index (χ4n) is 1.35. The van der Waals surface area contributed by atoms with E-state index in [1.54, 1.807) is 6.92 Å². The van der Waals surface area contributed by atoms with Crippen molar-refractivity contribution in [1.82, 2.24) is 4.90 Å². The van der Waals surface area contributed by atoms with Gasteiger partial charge in [0.2, 0.25) is 0 Å². The molecule has 1 heterocycles. The average Bonchev–Trinajstić information content (AvgIpc) is 2.07. The van der Waals surface area contributed by atoms with Crippen LogP contribution in [0.25, 0.3) is 0 Å². The van der Waals surface area contributed by atoms with Crippen molar-refractivity contribution in [2.24, 2.45) is 0 Å². The van der Waals surface area contributed by atoms with Crippen LogP contribution >= 0.6 is 0 Å². The van der Waals surface area contributed by atoms with Crippen molar-refractivity contribution < 1.29 is 8.78 Å². The first-order valence-corrected chi connectivity index (χ1v) is 4.79. The largest absolute Gasteiger partial charge is 0.304 e. The Labute approximate surface area is 73.7 Å². The summed E-state index contributed by atoms with van der Waals surface area (Å²) in [6.45, 7) is 6.80. The van der Waals surface area contributed by atoms with Crippen LogP contribution in [0.15, 0.2) is 0 Å². The van der Waals surface area contributed by atoms with Crippen LogP contribution < -0.4 is 0 Å². The van der Waals surface area contributed by atoms with Crippen LogP contribution in [-0.2, 0) is 0 Å². The molecule has 3 heteroatoms. The third-order valence-corrected chi connectivity index (χ3v) is 2.00.